The molecule has 4 rings (SSSR count). The molecule has 2 aromatic carbocycles. The number of hydrogen-bond donors (Lipinski definition) is 0. The van der Waals surface area contributed by atoms with E-state index in [-0.39, 0.29) is 6.09 Å². The number of rotatable bonds is 8. The van der Waals surface area contributed by atoms with Crippen molar-refractivity contribution in [3.05, 3.63) is 58.8 Å². The van der Waals surface area contributed by atoms with Gasteiger partial charge in [-0.15, -0.1) is 0 Å². The summed E-state index contributed by atoms with van der Waals surface area (Å²) < 4.78 is 17.6. The van der Waals surface area contributed by atoms with Crippen molar-refractivity contribution in [1.29, 1.82) is 5.26 Å². The number of ether oxygens (including phenoxy) is 2. The van der Waals surface area contributed by atoms with Crippen LogP contribution in [0.5, 0.6) is 5.75 Å². The van der Waals surface area contributed by atoms with E-state index in [0.717, 1.165) is 72.3 Å². The molecule has 2 heterocycles. The van der Waals surface area contributed by atoms with Crippen LogP contribution in [0, 0.1) is 17.2 Å². The Labute approximate surface area is 225 Å². The minimum atomic E-state index is -0.470. The monoisotopic (exact) mass is 518 g/mol. The van der Waals surface area contributed by atoms with Gasteiger partial charge in [-0.1, -0.05) is 17.3 Å². The fourth-order valence-electron chi connectivity index (χ4n) is 4.78. The van der Waals surface area contributed by atoms with E-state index in [1.54, 1.807) is 12.1 Å². The van der Waals surface area contributed by atoms with E-state index in [1.807, 2.05) is 64.0 Å². The average molecular weight is 519 g/mol. The molecule has 3 aromatic rings. The van der Waals surface area contributed by atoms with Crippen molar-refractivity contribution >= 4 is 17.1 Å². The molecule has 38 heavy (non-hydrogen) atoms. The van der Waals surface area contributed by atoms with Crippen molar-refractivity contribution in [1.82, 2.24) is 15.0 Å². The molecule has 1 saturated heterocycles. The number of benzene rings is 2. The summed E-state index contributed by atoms with van der Waals surface area (Å²) in [5.74, 6) is 1.31. The van der Waals surface area contributed by atoms with Gasteiger partial charge in [0.25, 0.3) is 0 Å². The molecule has 0 aliphatic carbocycles. The van der Waals surface area contributed by atoms with Crippen LogP contribution < -0.4 is 4.74 Å². The van der Waals surface area contributed by atoms with Crippen molar-refractivity contribution < 1.29 is 18.8 Å². The molecule has 0 radical (unpaired) electrons. The Morgan fingerprint density at radius 2 is 1.87 bits per heavy atom. The van der Waals surface area contributed by atoms with Crippen LogP contribution >= 0.6 is 0 Å². The maximum Gasteiger partial charge on any atom is 0.410 e. The molecule has 1 fully saturated rings. The lowest BCUT2D eigenvalue weighted by Crippen LogP contribution is -2.41. The molecule has 1 aliphatic rings. The lowest BCUT2D eigenvalue weighted by atomic mass is 9.91. The maximum atomic E-state index is 12.4. The number of nitrogens with zero attached hydrogens (tertiary/aromatic N) is 4. The van der Waals surface area contributed by atoms with E-state index in [9.17, 15) is 4.79 Å². The van der Waals surface area contributed by atoms with E-state index < -0.39 is 5.60 Å². The number of hydrogen-bond acceptors (Lipinski definition) is 7. The number of likely N-dealkylation sites (tertiary alicyclic amines) is 1. The summed E-state index contributed by atoms with van der Waals surface area (Å²) in [4.78, 5) is 16.3. The first-order valence-electron chi connectivity index (χ1n) is 13.3. The first-order chi connectivity index (χ1) is 18.1. The van der Waals surface area contributed by atoms with E-state index in [2.05, 4.69) is 16.1 Å². The summed E-state index contributed by atoms with van der Waals surface area (Å²) in [6.07, 6.45) is 3.55. The lowest BCUT2D eigenvalue weighted by Gasteiger charge is -2.33. The molecule has 1 aliphatic heterocycles. The fraction of sp³-hybridized carbons (Fsp3) is 0.500. The predicted molar refractivity (Wildman–Crippen MR) is 146 cm³/mol. The van der Waals surface area contributed by atoms with E-state index in [0.29, 0.717) is 24.6 Å². The summed E-state index contributed by atoms with van der Waals surface area (Å²) in [6, 6.07) is 13.6. The highest BCUT2D eigenvalue weighted by Crippen LogP contribution is 2.33. The third-order valence-corrected chi connectivity index (χ3v) is 6.78. The molecule has 202 valence electrons. The average Bonchev–Trinajstić information content (AvgIpc) is 3.29. The molecular weight excluding hydrogens is 480 g/mol. The standard InChI is InChI=1S/C30H38N4O4/c1-30(2,3)37-29(35)34-16-14-21(15-17-34)10-12-26-24-11-13-27(25(19-33(4)5)28(24)38-32-26)36-20-23-8-6-22(18-31)7-9-23/h6-9,11,13,21H,10,12,14-17,19-20H2,1-5H3. The molecule has 0 bridgehead atoms. The van der Waals surface area contributed by atoms with E-state index in [1.165, 1.54) is 0 Å². The molecule has 0 spiro atoms. The summed E-state index contributed by atoms with van der Waals surface area (Å²) in [6.45, 7) is 8.22. The highest BCUT2D eigenvalue weighted by molar-refractivity contribution is 5.84. The summed E-state index contributed by atoms with van der Waals surface area (Å²) in [7, 11) is 4.04. The number of fused-ring (bicyclic) bond motifs is 1. The van der Waals surface area contributed by atoms with Gasteiger partial charge >= 0.3 is 6.09 Å². The van der Waals surface area contributed by atoms with Crippen molar-refractivity contribution in [3.8, 4) is 11.8 Å². The Morgan fingerprint density at radius 3 is 2.50 bits per heavy atom. The quantitative estimate of drug-likeness (QED) is 0.365. The number of nitriles is 1. The Hall–Kier alpha value is -3.57. The number of amides is 1. The van der Waals surface area contributed by atoms with Gasteiger partial charge in [0, 0.05) is 25.0 Å². The van der Waals surface area contributed by atoms with Crippen LogP contribution in [0.25, 0.3) is 11.0 Å². The van der Waals surface area contributed by atoms with Gasteiger partial charge in [-0.3, -0.25) is 0 Å². The number of carbonyl (C=O) groups is 1. The third-order valence-electron chi connectivity index (χ3n) is 6.78. The normalized spacial score (nSPS) is 14.6. The number of aromatic nitrogens is 1. The largest absolute Gasteiger partial charge is 0.488 e. The van der Waals surface area contributed by atoms with E-state index >= 15 is 0 Å². The minimum absolute atomic E-state index is 0.218. The summed E-state index contributed by atoms with van der Waals surface area (Å²) in [5.41, 5.74) is 3.87. The van der Waals surface area contributed by atoms with Crippen LogP contribution in [0.15, 0.2) is 40.9 Å². The highest BCUT2D eigenvalue weighted by atomic mass is 16.6. The number of aryl methyl sites for hydroxylation is 1. The fourth-order valence-corrected chi connectivity index (χ4v) is 4.78. The molecule has 0 atom stereocenters. The predicted octanol–water partition coefficient (Wildman–Crippen LogP) is 5.92. The molecule has 1 aromatic heterocycles. The first-order valence-corrected chi connectivity index (χ1v) is 13.3. The molecule has 1 amide bonds. The molecule has 0 N–H and O–H groups in total. The van der Waals surface area contributed by atoms with Gasteiger partial charge in [-0.25, -0.2) is 4.79 Å². The zero-order valence-electron chi connectivity index (χ0n) is 23.1. The first kappa shape index (κ1) is 27.5. The van der Waals surface area contributed by atoms with Crippen molar-refractivity contribution in [2.75, 3.05) is 27.2 Å². The van der Waals surface area contributed by atoms with Crippen LogP contribution in [0.4, 0.5) is 4.79 Å². The Morgan fingerprint density at radius 1 is 1.16 bits per heavy atom. The molecule has 8 nitrogen and oxygen atoms in total. The number of piperidine rings is 1. The zero-order chi connectivity index (χ0) is 27.3. The van der Waals surface area contributed by atoms with Crippen LogP contribution in [0.2, 0.25) is 0 Å². The van der Waals surface area contributed by atoms with Crippen molar-refractivity contribution in [2.24, 2.45) is 5.92 Å². The van der Waals surface area contributed by atoms with Crippen LogP contribution in [-0.2, 0) is 24.3 Å². The van der Waals surface area contributed by atoms with Gasteiger partial charge in [-0.2, -0.15) is 5.26 Å². The van der Waals surface area contributed by atoms with Gasteiger partial charge in [-0.05, 0) is 96.3 Å². The smallest absolute Gasteiger partial charge is 0.410 e. The Bertz CT molecular complexity index is 1280. The zero-order valence-corrected chi connectivity index (χ0v) is 23.1. The van der Waals surface area contributed by atoms with Gasteiger partial charge in [0.2, 0.25) is 0 Å². The molecule has 0 saturated carbocycles. The topological polar surface area (TPSA) is 91.8 Å². The summed E-state index contributed by atoms with van der Waals surface area (Å²) in [5, 5.41) is 14.5. The van der Waals surface area contributed by atoms with Gasteiger partial charge < -0.3 is 23.8 Å². The summed E-state index contributed by atoms with van der Waals surface area (Å²) >= 11 is 0. The second kappa shape index (κ2) is 11.9. The highest BCUT2D eigenvalue weighted by Gasteiger charge is 2.27. The lowest BCUT2D eigenvalue weighted by molar-refractivity contribution is 0.0181. The van der Waals surface area contributed by atoms with E-state index in [4.69, 9.17) is 19.3 Å². The third kappa shape index (κ3) is 7.05. The maximum absolute atomic E-state index is 12.4. The van der Waals surface area contributed by atoms with Crippen molar-refractivity contribution in [3.63, 3.8) is 0 Å². The molecular formula is C30H38N4O4. The minimum Gasteiger partial charge on any atom is -0.488 e. The van der Waals surface area contributed by atoms with Crippen molar-refractivity contribution in [2.45, 2.75) is 65.2 Å². The van der Waals surface area contributed by atoms with Crippen LogP contribution in [0.3, 0.4) is 0 Å². The Balaban J connectivity index is 1.40. The molecule has 8 heteroatoms. The SMILES string of the molecule is CN(C)Cc1c(OCc2ccc(C#N)cc2)ccc2c(CCC3CCN(C(=O)OC(C)(C)C)CC3)noc12. The second-order valence-corrected chi connectivity index (χ2v) is 11.3. The Kier molecular flexibility index (Phi) is 8.58. The van der Waals surface area contributed by atoms with Crippen LogP contribution in [-0.4, -0.2) is 53.8 Å². The van der Waals surface area contributed by atoms with Crippen LogP contribution in [0.1, 0.15) is 62.4 Å². The second-order valence-electron chi connectivity index (χ2n) is 11.3. The van der Waals surface area contributed by atoms with Gasteiger partial charge in [0.1, 0.15) is 18.0 Å². The van der Waals surface area contributed by atoms with Gasteiger partial charge in [0.15, 0.2) is 5.58 Å². The number of carbonyl (C=O) groups excluding carboxylic acids is 1. The van der Waals surface area contributed by atoms with Gasteiger partial charge in [0.05, 0.1) is 22.9 Å². The molecule has 0 unspecified atom stereocenters.